The lowest BCUT2D eigenvalue weighted by molar-refractivity contribution is -0.182. The summed E-state index contributed by atoms with van der Waals surface area (Å²) >= 11 is 0. The highest BCUT2D eigenvalue weighted by molar-refractivity contribution is 5.52. The van der Waals surface area contributed by atoms with Crippen LogP contribution in [0.1, 0.15) is 37.1 Å². The molecule has 0 spiro atoms. The summed E-state index contributed by atoms with van der Waals surface area (Å²) in [5.74, 6) is -1.12. The van der Waals surface area contributed by atoms with Crippen molar-refractivity contribution in [1.29, 1.82) is 0 Å². The highest BCUT2D eigenvalue weighted by atomic mass is 19.4. The van der Waals surface area contributed by atoms with Crippen molar-refractivity contribution >= 4 is 5.69 Å². The summed E-state index contributed by atoms with van der Waals surface area (Å²) in [4.78, 5) is 0. The predicted molar refractivity (Wildman–Crippen MR) is 63.5 cm³/mol. The standard InChI is InChI=1S/C12H18F3N3/c1-7-11(8(2)18-17-7)16-10-5-3-9(4-6-10)12(13,14)15/h9-10,16H,3-6H2,1-2H3,(H,17,18). The molecule has 6 heteroatoms. The van der Waals surface area contributed by atoms with Gasteiger partial charge in [-0.25, -0.2) is 0 Å². The predicted octanol–water partition coefficient (Wildman–Crippen LogP) is 3.56. The Morgan fingerprint density at radius 1 is 1.17 bits per heavy atom. The van der Waals surface area contributed by atoms with Crippen molar-refractivity contribution in [2.45, 2.75) is 51.7 Å². The molecule has 0 radical (unpaired) electrons. The van der Waals surface area contributed by atoms with Gasteiger partial charge in [0.25, 0.3) is 0 Å². The Morgan fingerprint density at radius 2 is 1.78 bits per heavy atom. The second kappa shape index (κ2) is 4.82. The first kappa shape index (κ1) is 13.2. The first-order valence-corrected chi connectivity index (χ1v) is 6.22. The number of H-pyrrole nitrogens is 1. The molecule has 1 saturated carbocycles. The molecule has 0 amide bonds. The van der Waals surface area contributed by atoms with E-state index >= 15 is 0 Å². The van der Waals surface area contributed by atoms with E-state index in [-0.39, 0.29) is 18.9 Å². The average molecular weight is 261 g/mol. The highest BCUT2D eigenvalue weighted by Gasteiger charge is 2.41. The number of hydrogen-bond donors (Lipinski definition) is 2. The molecule has 3 nitrogen and oxygen atoms in total. The van der Waals surface area contributed by atoms with Crippen LogP contribution in [0.5, 0.6) is 0 Å². The summed E-state index contributed by atoms with van der Waals surface area (Å²) in [5, 5.41) is 10.2. The minimum absolute atomic E-state index is 0.124. The number of halogens is 3. The minimum atomic E-state index is -4.04. The van der Waals surface area contributed by atoms with Crippen molar-refractivity contribution in [3.8, 4) is 0 Å². The van der Waals surface area contributed by atoms with Gasteiger partial charge in [-0.1, -0.05) is 0 Å². The van der Waals surface area contributed by atoms with E-state index in [1.165, 1.54) is 0 Å². The number of rotatable bonds is 2. The topological polar surface area (TPSA) is 40.7 Å². The normalized spacial score (nSPS) is 25.2. The number of hydrogen-bond acceptors (Lipinski definition) is 2. The molecule has 1 fully saturated rings. The Labute approximate surface area is 104 Å². The molecule has 1 heterocycles. The van der Waals surface area contributed by atoms with Gasteiger partial charge >= 0.3 is 6.18 Å². The van der Waals surface area contributed by atoms with Crippen molar-refractivity contribution in [2.24, 2.45) is 5.92 Å². The zero-order valence-corrected chi connectivity index (χ0v) is 10.6. The number of anilines is 1. The minimum Gasteiger partial charge on any atom is -0.379 e. The molecule has 0 unspecified atom stereocenters. The molecular formula is C12H18F3N3. The Balaban J connectivity index is 1.91. The zero-order chi connectivity index (χ0) is 13.3. The average Bonchev–Trinajstić information content (AvgIpc) is 2.60. The molecule has 0 aliphatic heterocycles. The number of aryl methyl sites for hydroxylation is 2. The zero-order valence-electron chi connectivity index (χ0n) is 10.6. The fourth-order valence-corrected chi connectivity index (χ4v) is 2.53. The quantitative estimate of drug-likeness (QED) is 0.854. The van der Waals surface area contributed by atoms with Crippen LogP contribution in [0.15, 0.2) is 0 Å². The van der Waals surface area contributed by atoms with Crippen LogP contribution in [-0.4, -0.2) is 22.4 Å². The molecular weight excluding hydrogens is 243 g/mol. The van der Waals surface area contributed by atoms with Crippen LogP contribution in [0.25, 0.3) is 0 Å². The summed E-state index contributed by atoms with van der Waals surface area (Å²) in [6.45, 7) is 3.79. The molecule has 102 valence electrons. The van der Waals surface area contributed by atoms with Crippen molar-refractivity contribution in [3.63, 3.8) is 0 Å². The molecule has 18 heavy (non-hydrogen) atoms. The summed E-state index contributed by atoms with van der Waals surface area (Å²) in [6, 6.07) is 0.124. The van der Waals surface area contributed by atoms with E-state index in [1.807, 2.05) is 13.8 Å². The first-order valence-electron chi connectivity index (χ1n) is 6.22. The lowest BCUT2D eigenvalue weighted by Crippen LogP contribution is -2.33. The highest BCUT2D eigenvalue weighted by Crippen LogP contribution is 2.38. The summed E-state index contributed by atoms with van der Waals surface area (Å²) in [6.07, 6.45) is -2.47. The third kappa shape index (κ3) is 2.79. The Bertz CT molecular complexity index is 384. The van der Waals surface area contributed by atoms with E-state index in [2.05, 4.69) is 15.5 Å². The van der Waals surface area contributed by atoms with Crippen molar-refractivity contribution < 1.29 is 13.2 Å². The molecule has 1 aromatic rings. The summed E-state index contributed by atoms with van der Waals surface area (Å²) < 4.78 is 37.6. The number of nitrogens with zero attached hydrogens (tertiary/aromatic N) is 1. The Kier molecular flexibility index (Phi) is 3.54. The van der Waals surface area contributed by atoms with Crippen LogP contribution in [0.2, 0.25) is 0 Å². The number of nitrogens with one attached hydrogen (secondary N) is 2. The molecule has 0 atom stereocenters. The van der Waals surface area contributed by atoms with Crippen LogP contribution in [0.4, 0.5) is 18.9 Å². The van der Waals surface area contributed by atoms with Gasteiger partial charge in [0, 0.05) is 6.04 Å². The number of alkyl halides is 3. The van der Waals surface area contributed by atoms with Gasteiger partial charge in [-0.3, -0.25) is 5.10 Å². The first-order chi connectivity index (χ1) is 8.38. The van der Waals surface area contributed by atoms with E-state index in [4.69, 9.17) is 0 Å². The largest absolute Gasteiger partial charge is 0.391 e. The molecule has 0 bridgehead atoms. The molecule has 0 saturated heterocycles. The van der Waals surface area contributed by atoms with Gasteiger partial charge in [0.05, 0.1) is 23.0 Å². The monoisotopic (exact) mass is 261 g/mol. The fraction of sp³-hybridized carbons (Fsp3) is 0.750. The van der Waals surface area contributed by atoms with Gasteiger partial charge in [0.1, 0.15) is 0 Å². The smallest absolute Gasteiger partial charge is 0.379 e. The van der Waals surface area contributed by atoms with Gasteiger partial charge in [-0.05, 0) is 39.5 Å². The van der Waals surface area contributed by atoms with E-state index in [0.29, 0.717) is 12.8 Å². The van der Waals surface area contributed by atoms with E-state index in [9.17, 15) is 13.2 Å². The second-order valence-corrected chi connectivity index (χ2v) is 5.04. The third-order valence-corrected chi connectivity index (χ3v) is 3.67. The van der Waals surface area contributed by atoms with Gasteiger partial charge < -0.3 is 5.32 Å². The van der Waals surface area contributed by atoms with Crippen molar-refractivity contribution in [3.05, 3.63) is 11.4 Å². The number of aromatic nitrogens is 2. The molecule has 1 aliphatic carbocycles. The fourth-order valence-electron chi connectivity index (χ4n) is 2.53. The van der Waals surface area contributed by atoms with Crippen molar-refractivity contribution in [1.82, 2.24) is 10.2 Å². The summed E-state index contributed by atoms with van der Waals surface area (Å²) in [7, 11) is 0. The van der Waals surface area contributed by atoms with E-state index in [0.717, 1.165) is 17.1 Å². The van der Waals surface area contributed by atoms with E-state index < -0.39 is 12.1 Å². The van der Waals surface area contributed by atoms with Gasteiger partial charge in [-0.2, -0.15) is 18.3 Å². The molecule has 0 aromatic carbocycles. The van der Waals surface area contributed by atoms with Crippen LogP contribution >= 0.6 is 0 Å². The second-order valence-electron chi connectivity index (χ2n) is 5.04. The lowest BCUT2D eigenvalue weighted by atomic mass is 9.85. The lowest BCUT2D eigenvalue weighted by Gasteiger charge is -2.30. The van der Waals surface area contributed by atoms with Crippen LogP contribution < -0.4 is 5.32 Å². The number of aromatic amines is 1. The maximum Gasteiger partial charge on any atom is 0.391 e. The summed E-state index contributed by atoms with van der Waals surface area (Å²) in [5.41, 5.74) is 2.74. The van der Waals surface area contributed by atoms with E-state index in [1.54, 1.807) is 0 Å². The molecule has 2 rings (SSSR count). The van der Waals surface area contributed by atoms with Gasteiger partial charge in [0.15, 0.2) is 0 Å². The maximum atomic E-state index is 12.5. The molecule has 1 aromatic heterocycles. The Morgan fingerprint density at radius 3 is 2.22 bits per heavy atom. The van der Waals surface area contributed by atoms with Crippen molar-refractivity contribution in [2.75, 3.05) is 5.32 Å². The van der Waals surface area contributed by atoms with Crippen LogP contribution in [-0.2, 0) is 0 Å². The maximum absolute atomic E-state index is 12.5. The van der Waals surface area contributed by atoms with Crippen LogP contribution in [0.3, 0.4) is 0 Å². The van der Waals surface area contributed by atoms with Gasteiger partial charge in [0.2, 0.25) is 0 Å². The van der Waals surface area contributed by atoms with Crippen LogP contribution in [0, 0.1) is 19.8 Å². The SMILES string of the molecule is Cc1n[nH]c(C)c1NC1CCC(C(F)(F)F)CC1. The molecule has 1 aliphatic rings. The van der Waals surface area contributed by atoms with Gasteiger partial charge in [-0.15, -0.1) is 0 Å². The Hall–Kier alpha value is -1.20. The third-order valence-electron chi connectivity index (χ3n) is 3.67. The molecule has 2 N–H and O–H groups in total.